The van der Waals surface area contributed by atoms with E-state index in [4.69, 9.17) is 26.0 Å². The molecule has 0 bridgehead atoms. The molecule has 0 saturated carbocycles. The lowest BCUT2D eigenvalue weighted by Gasteiger charge is -2.04. The van der Waals surface area contributed by atoms with Gasteiger partial charge in [-0.05, 0) is 36.4 Å². The van der Waals surface area contributed by atoms with Gasteiger partial charge in [0.25, 0.3) is 5.89 Å². The molecule has 6 heteroatoms. The molecule has 5 nitrogen and oxygen atoms in total. The Kier molecular flexibility index (Phi) is 4.03. The molecule has 1 aromatic heterocycles. The van der Waals surface area contributed by atoms with Crippen molar-refractivity contribution in [3.05, 3.63) is 65.0 Å². The first-order chi connectivity index (χ1) is 10.8. The van der Waals surface area contributed by atoms with Crippen LogP contribution in [-0.2, 0) is 6.61 Å². The molecular formula is C16H10ClN3O2. The Balaban J connectivity index is 1.72. The predicted molar refractivity (Wildman–Crippen MR) is 80.2 cm³/mol. The van der Waals surface area contributed by atoms with E-state index in [1.54, 1.807) is 48.5 Å². The quantitative estimate of drug-likeness (QED) is 0.732. The molecule has 0 aliphatic rings. The van der Waals surface area contributed by atoms with Gasteiger partial charge in [0.15, 0.2) is 6.61 Å². The number of rotatable bonds is 4. The Hall–Kier alpha value is -2.84. The van der Waals surface area contributed by atoms with Crippen molar-refractivity contribution >= 4 is 11.6 Å². The van der Waals surface area contributed by atoms with Gasteiger partial charge in [-0.1, -0.05) is 23.7 Å². The van der Waals surface area contributed by atoms with Crippen molar-refractivity contribution in [1.82, 2.24) is 10.2 Å². The zero-order valence-corrected chi connectivity index (χ0v) is 12.1. The third kappa shape index (κ3) is 3.08. The van der Waals surface area contributed by atoms with Crippen molar-refractivity contribution in [2.24, 2.45) is 0 Å². The molecule has 0 N–H and O–H groups in total. The first-order valence-corrected chi connectivity index (χ1v) is 6.84. The Bertz CT molecular complexity index is 822. The van der Waals surface area contributed by atoms with E-state index < -0.39 is 0 Å². The number of ether oxygens (including phenoxy) is 1. The summed E-state index contributed by atoms with van der Waals surface area (Å²) in [7, 11) is 0. The molecule has 0 saturated heterocycles. The summed E-state index contributed by atoms with van der Waals surface area (Å²) in [6.45, 7) is 0.0965. The van der Waals surface area contributed by atoms with E-state index in [-0.39, 0.29) is 6.61 Å². The van der Waals surface area contributed by atoms with E-state index in [0.29, 0.717) is 28.1 Å². The molecule has 3 aromatic rings. The third-order valence-corrected chi connectivity index (χ3v) is 3.17. The van der Waals surface area contributed by atoms with Gasteiger partial charge in [-0.25, -0.2) is 0 Å². The summed E-state index contributed by atoms with van der Waals surface area (Å²) in [6.07, 6.45) is 0. The van der Waals surface area contributed by atoms with Gasteiger partial charge in [-0.15, -0.1) is 10.2 Å². The third-order valence-electron chi connectivity index (χ3n) is 2.92. The normalized spacial score (nSPS) is 10.2. The van der Waals surface area contributed by atoms with Gasteiger partial charge in [0.2, 0.25) is 5.89 Å². The summed E-state index contributed by atoms with van der Waals surface area (Å²) in [5.74, 6) is 1.21. The first-order valence-electron chi connectivity index (χ1n) is 6.46. The highest BCUT2D eigenvalue weighted by Crippen LogP contribution is 2.22. The number of nitrogens with zero attached hydrogens (tertiary/aromatic N) is 3. The van der Waals surface area contributed by atoms with Gasteiger partial charge >= 0.3 is 0 Å². The number of halogens is 1. The monoisotopic (exact) mass is 311 g/mol. The van der Waals surface area contributed by atoms with E-state index in [0.717, 1.165) is 5.56 Å². The van der Waals surface area contributed by atoms with Crippen molar-refractivity contribution < 1.29 is 9.15 Å². The Labute approximate surface area is 131 Å². The number of hydrogen-bond donors (Lipinski definition) is 0. The Morgan fingerprint density at radius 3 is 2.64 bits per heavy atom. The van der Waals surface area contributed by atoms with Crippen LogP contribution in [0.15, 0.2) is 52.9 Å². The minimum absolute atomic E-state index is 0.0965. The molecular weight excluding hydrogens is 302 g/mol. The van der Waals surface area contributed by atoms with E-state index in [1.165, 1.54) is 0 Å². The summed E-state index contributed by atoms with van der Waals surface area (Å²) in [5, 5.41) is 17.5. The highest BCUT2D eigenvalue weighted by atomic mass is 35.5. The van der Waals surface area contributed by atoms with Crippen molar-refractivity contribution in [3.8, 4) is 23.3 Å². The summed E-state index contributed by atoms with van der Waals surface area (Å²) >= 11 is 5.84. The zero-order chi connectivity index (χ0) is 15.4. The van der Waals surface area contributed by atoms with Gasteiger partial charge in [-0.3, -0.25) is 0 Å². The number of nitriles is 1. The average molecular weight is 312 g/mol. The minimum Gasteiger partial charge on any atom is -0.482 e. The lowest BCUT2D eigenvalue weighted by Crippen LogP contribution is -1.97. The Morgan fingerprint density at radius 2 is 1.86 bits per heavy atom. The summed E-state index contributed by atoms with van der Waals surface area (Å²) in [5.41, 5.74) is 1.24. The number of hydrogen-bond acceptors (Lipinski definition) is 5. The van der Waals surface area contributed by atoms with Crippen LogP contribution in [0.3, 0.4) is 0 Å². The maximum absolute atomic E-state index is 9.00. The van der Waals surface area contributed by atoms with Crippen LogP contribution < -0.4 is 4.74 Å². The second-order valence-corrected chi connectivity index (χ2v) is 4.84. The van der Waals surface area contributed by atoms with Crippen LogP contribution in [0, 0.1) is 11.3 Å². The van der Waals surface area contributed by atoms with Crippen LogP contribution in [0.5, 0.6) is 5.75 Å². The van der Waals surface area contributed by atoms with Crippen LogP contribution >= 0.6 is 11.6 Å². The van der Waals surface area contributed by atoms with Crippen molar-refractivity contribution in [3.63, 3.8) is 0 Å². The molecule has 3 rings (SSSR count). The number of para-hydroxylation sites is 1. The van der Waals surface area contributed by atoms with Gasteiger partial charge in [0, 0.05) is 10.6 Å². The fraction of sp³-hybridized carbons (Fsp3) is 0.0625. The predicted octanol–water partition coefficient (Wildman–Crippen LogP) is 3.84. The standard InChI is InChI=1S/C16H10ClN3O2/c17-13-7-5-11(6-8-13)16-20-19-15(22-16)10-21-14-4-2-1-3-12(14)9-18/h1-8H,10H2. The molecule has 1 heterocycles. The molecule has 22 heavy (non-hydrogen) atoms. The maximum atomic E-state index is 9.00. The van der Waals surface area contributed by atoms with Crippen LogP contribution in [0.2, 0.25) is 5.02 Å². The Morgan fingerprint density at radius 1 is 1.09 bits per heavy atom. The van der Waals surface area contributed by atoms with Crippen molar-refractivity contribution in [2.75, 3.05) is 0 Å². The van der Waals surface area contributed by atoms with Gasteiger partial charge in [-0.2, -0.15) is 5.26 Å². The number of aromatic nitrogens is 2. The molecule has 0 aliphatic carbocycles. The lowest BCUT2D eigenvalue weighted by atomic mass is 10.2. The first kappa shape index (κ1) is 14.1. The highest BCUT2D eigenvalue weighted by Gasteiger charge is 2.10. The van der Waals surface area contributed by atoms with Crippen LogP contribution in [0.4, 0.5) is 0 Å². The van der Waals surface area contributed by atoms with Crippen LogP contribution in [0.1, 0.15) is 11.5 Å². The fourth-order valence-electron chi connectivity index (χ4n) is 1.85. The SMILES string of the molecule is N#Cc1ccccc1OCc1nnc(-c2ccc(Cl)cc2)o1. The topological polar surface area (TPSA) is 71.9 Å². The summed E-state index contributed by atoms with van der Waals surface area (Å²) < 4.78 is 11.1. The lowest BCUT2D eigenvalue weighted by molar-refractivity contribution is 0.264. The molecule has 2 aromatic carbocycles. The highest BCUT2D eigenvalue weighted by molar-refractivity contribution is 6.30. The van der Waals surface area contributed by atoms with E-state index in [9.17, 15) is 0 Å². The smallest absolute Gasteiger partial charge is 0.254 e. The molecule has 0 radical (unpaired) electrons. The zero-order valence-electron chi connectivity index (χ0n) is 11.4. The van der Waals surface area contributed by atoms with Crippen molar-refractivity contribution in [1.29, 1.82) is 5.26 Å². The van der Waals surface area contributed by atoms with Crippen molar-refractivity contribution in [2.45, 2.75) is 6.61 Å². The molecule has 0 amide bonds. The minimum atomic E-state index is 0.0965. The number of benzene rings is 2. The summed E-state index contributed by atoms with van der Waals surface area (Å²) in [6, 6.07) is 16.1. The summed E-state index contributed by atoms with van der Waals surface area (Å²) in [4.78, 5) is 0. The van der Waals surface area contributed by atoms with E-state index in [1.807, 2.05) is 0 Å². The van der Waals surface area contributed by atoms with E-state index in [2.05, 4.69) is 16.3 Å². The fourth-order valence-corrected chi connectivity index (χ4v) is 1.97. The molecule has 0 aliphatic heterocycles. The van der Waals surface area contributed by atoms with E-state index >= 15 is 0 Å². The largest absolute Gasteiger partial charge is 0.482 e. The molecule has 108 valence electrons. The maximum Gasteiger partial charge on any atom is 0.254 e. The van der Waals surface area contributed by atoms with Crippen LogP contribution in [0.25, 0.3) is 11.5 Å². The second kappa shape index (κ2) is 6.29. The second-order valence-electron chi connectivity index (χ2n) is 4.40. The van der Waals surface area contributed by atoms with Crippen LogP contribution in [-0.4, -0.2) is 10.2 Å². The van der Waals surface area contributed by atoms with Gasteiger partial charge < -0.3 is 9.15 Å². The van der Waals surface area contributed by atoms with Gasteiger partial charge in [0.05, 0.1) is 5.56 Å². The molecule has 0 atom stereocenters. The van der Waals surface area contributed by atoms with Gasteiger partial charge in [0.1, 0.15) is 11.8 Å². The molecule has 0 fully saturated rings. The average Bonchev–Trinajstić information content (AvgIpc) is 3.03. The molecule has 0 unspecified atom stereocenters. The molecule has 0 spiro atoms.